The van der Waals surface area contributed by atoms with Gasteiger partial charge in [0.25, 0.3) is 11.8 Å². The van der Waals surface area contributed by atoms with E-state index in [2.05, 4.69) is 25.4 Å². The number of rotatable bonds is 11. The number of nitrogens with zero attached hydrogens (tertiary/aromatic N) is 9. The van der Waals surface area contributed by atoms with Gasteiger partial charge in [-0.15, -0.1) is 0 Å². The van der Waals surface area contributed by atoms with Gasteiger partial charge in [0, 0.05) is 101 Å². The first-order valence-corrected chi connectivity index (χ1v) is 22.5. The SMILES string of the molecule is Cn1c(-c2cn(-c3cc4[nH]c(C(=O)O)cc4cn3)nc2C(F)(F)F)cnc1C(=O)Nc1ccc(C(=O)N2CCN(C(=O)C3CC[N+](CC(=O)O)(CC4CN(C(=O)OC(C)(C)C)C4)CC3)CC2)c(Cl)c1. The third kappa shape index (κ3) is 10.4. The monoisotopic (exact) mass is 980 g/mol. The van der Waals surface area contributed by atoms with Crippen molar-refractivity contribution in [3.05, 3.63) is 76.7 Å². The van der Waals surface area contributed by atoms with E-state index in [0.717, 1.165) is 21.6 Å². The standard InChI is InChI=1S/C45H49ClF3N11O9/c1-44(2,3)69-43(68)58-20-25(21-58)23-60(24-36(61)62)13-7-26(8-14-60)40(64)56-9-11-57(12-10-56)41(65)29-6-5-28(16-31(29)46)52-39(63)38-51-19-34(55(38)4)30-22-59(54-37(30)45(47,48)49)35-17-32-27(18-50-35)15-33(53-32)42(66)67/h5-6,15-19,22,25-26H,7-14,20-21,23-24H2,1-4H3,(H3-,50,52,53,61,62,63,65,66,67)/p+1. The Bertz CT molecular complexity index is 2850. The zero-order valence-electron chi connectivity index (χ0n) is 38.0. The van der Waals surface area contributed by atoms with Crippen molar-refractivity contribution in [3.63, 3.8) is 0 Å². The lowest BCUT2D eigenvalue weighted by atomic mass is 9.90. The number of aromatic amines is 1. The number of amides is 4. The van der Waals surface area contributed by atoms with Crippen molar-refractivity contribution >= 4 is 63.9 Å². The molecule has 3 aliphatic heterocycles. The summed E-state index contributed by atoms with van der Waals surface area (Å²) in [7, 11) is 1.36. The normalized spacial score (nSPS) is 19.1. The van der Waals surface area contributed by atoms with Gasteiger partial charge in [-0.2, -0.15) is 18.3 Å². The number of aromatic nitrogens is 6. The molecule has 0 atom stereocenters. The number of piperidine rings is 1. The van der Waals surface area contributed by atoms with Crippen LogP contribution in [0.3, 0.4) is 0 Å². The highest BCUT2D eigenvalue weighted by Crippen LogP contribution is 2.37. The number of alkyl halides is 3. The van der Waals surface area contributed by atoms with Crippen LogP contribution in [0.25, 0.3) is 28.0 Å². The smallest absolute Gasteiger partial charge is 0.435 e. The minimum Gasteiger partial charge on any atom is -0.477 e. The number of fused-ring (bicyclic) bond motifs is 1. The second kappa shape index (κ2) is 18.5. The number of likely N-dealkylation sites (tertiary alicyclic amines) is 2. The molecule has 4 aromatic heterocycles. The number of benzene rings is 1. The van der Waals surface area contributed by atoms with E-state index in [9.17, 15) is 52.2 Å². The number of hydrogen-bond donors (Lipinski definition) is 4. The number of carboxylic acid groups (broad SMARTS) is 2. The highest BCUT2D eigenvalue weighted by molar-refractivity contribution is 6.34. The van der Waals surface area contributed by atoms with E-state index in [-0.39, 0.29) is 102 Å². The fourth-order valence-corrected chi connectivity index (χ4v) is 9.55. The molecule has 20 nitrogen and oxygen atoms in total. The molecule has 0 saturated carbocycles. The lowest BCUT2D eigenvalue weighted by molar-refractivity contribution is -0.930. The lowest BCUT2D eigenvalue weighted by Gasteiger charge is -2.48. The third-order valence-electron chi connectivity index (χ3n) is 12.7. The predicted molar refractivity (Wildman–Crippen MR) is 241 cm³/mol. The molecule has 0 bridgehead atoms. The molecule has 0 spiro atoms. The number of carbonyl (C=O) groups is 6. The molecule has 8 rings (SSSR count). The number of quaternary nitrogens is 1. The molecule has 0 radical (unpaired) electrons. The molecule has 5 aromatic rings. The van der Waals surface area contributed by atoms with Gasteiger partial charge in [-0.25, -0.2) is 29.0 Å². The number of carbonyl (C=O) groups excluding carboxylic acids is 4. The van der Waals surface area contributed by atoms with Gasteiger partial charge in [-0.3, -0.25) is 14.4 Å². The summed E-state index contributed by atoms with van der Waals surface area (Å²) < 4.78 is 50.9. The molecule has 0 unspecified atom stereocenters. The summed E-state index contributed by atoms with van der Waals surface area (Å²) >= 11 is 6.58. The van der Waals surface area contributed by atoms with E-state index in [0.29, 0.717) is 61.0 Å². The predicted octanol–water partition coefficient (Wildman–Crippen LogP) is 5.23. The van der Waals surface area contributed by atoms with Gasteiger partial charge in [-0.1, -0.05) is 11.6 Å². The average molecular weight is 981 g/mol. The first kappa shape index (κ1) is 48.4. The molecule has 1 aromatic carbocycles. The van der Waals surface area contributed by atoms with E-state index in [1.165, 1.54) is 43.6 Å². The largest absolute Gasteiger partial charge is 0.477 e. The van der Waals surface area contributed by atoms with Crippen LogP contribution in [-0.2, 0) is 27.5 Å². The van der Waals surface area contributed by atoms with E-state index >= 15 is 0 Å². The minimum absolute atomic E-state index is 0.0222. The van der Waals surface area contributed by atoms with Crippen molar-refractivity contribution < 1.29 is 61.4 Å². The Morgan fingerprint density at radius 3 is 2.23 bits per heavy atom. The van der Waals surface area contributed by atoms with E-state index in [4.69, 9.17) is 16.3 Å². The molecule has 3 saturated heterocycles. The maximum absolute atomic E-state index is 14.3. The van der Waals surface area contributed by atoms with Gasteiger partial charge in [0.2, 0.25) is 5.91 Å². The summed E-state index contributed by atoms with van der Waals surface area (Å²) in [5.74, 6) is -3.80. The number of hydrogen-bond acceptors (Lipinski definition) is 10. The number of pyridine rings is 1. The number of halogens is 4. The van der Waals surface area contributed by atoms with E-state index < -0.39 is 40.9 Å². The van der Waals surface area contributed by atoms with Crippen LogP contribution in [0.5, 0.6) is 0 Å². The maximum Gasteiger partial charge on any atom is 0.435 e. The van der Waals surface area contributed by atoms with Crippen molar-refractivity contribution in [2.45, 2.75) is 45.4 Å². The second-order valence-corrected chi connectivity index (χ2v) is 19.2. The number of nitrogens with one attached hydrogen (secondary N) is 2. The minimum atomic E-state index is -4.93. The van der Waals surface area contributed by atoms with Gasteiger partial charge in [-0.05, 0) is 45.0 Å². The van der Waals surface area contributed by atoms with Crippen molar-refractivity contribution in [3.8, 4) is 17.1 Å². The molecular weight excluding hydrogens is 931 g/mol. The molecule has 3 aliphatic rings. The molecular formula is C45H50ClF3N11O9+. The number of anilines is 1. The summed E-state index contributed by atoms with van der Waals surface area (Å²) in [5, 5.41) is 25.9. The van der Waals surface area contributed by atoms with Crippen LogP contribution in [0.2, 0.25) is 5.02 Å². The number of ether oxygens (including phenoxy) is 1. The molecule has 24 heteroatoms. The van der Waals surface area contributed by atoms with Gasteiger partial charge < -0.3 is 49.0 Å². The number of piperazine rings is 1. The van der Waals surface area contributed by atoms with Gasteiger partial charge >= 0.3 is 24.2 Å². The zero-order chi connectivity index (χ0) is 49.7. The molecule has 69 heavy (non-hydrogen) atoms. The zero-order valence-corrected chi connectivity index (χ0v) is 38.8. The quantitative estimate of drug-likeness (QED) is 0.125. The number of aromatic carboxylic acids is 1. The van der Waals surface area contributed by atoms with E-state index in [1.807, 2.05) is 0 Å². The number of carboxylic acids is 2. The van der Waals surface area contributed by atoms with Crippen LogP contribution >= 0.6 is 11.6 Å². The fourth-order valence-electron chi connectivity index (χ4n) is 9.29. The summed E-state index contributed by atoms with van der Waals surface area (Å²) in [5.41, 5.74) is -1.89. The Labute approximate surface area is 397 Å². The molecule has 366 valence electrons. The van der Waals surface area contributed by atoms with Crippen LogP contribution < -0.4 is 5.32 Å². The first-order chi connectivity index (χ1) is 32.5. The maximum atomic E-state index is 14.3. The third-order valence-corrected chi connectivity index (χ3v) is 13.0. The summed E-state index contributed by atoms with van der Waals surface area (Å²) in [4.78, 5) is 92.4. The van der Waals surface area contributed by atoms with E-state index in [1.54, 1.807) is 35.5 Å². The number of imidazole rings is 1. The molecule has 0 aliphatic carbocycles. The van der Waals surface area contributed by atoms with Crippen LogP contribution in [0, 0.1) is 11.8 Å². The Balaban J connectivity index is 0.854. The molecule has 4 amide bonds. The Hall–Kier alpha value is -7.01. The highest BCUT2D eigenvalue weighted by Gasteiger charge is 2.45. The van der Waals surface area contributed by atoms with Gasteiger partial charge in [0.15, 0.2) is 23.9 Å². The van der Waals surface area contributed by atoms with Crippen molar-refractivity contribution in [2.75, 3.05) is 70.8 Å². The van der Waals surface area contributed by atoms with Gasteiger partial charge in [0.1, 0.15) is 11.3 Å². The summed E-state index contributed by atoms with van der Waals surface area (Å²) in [6, 6.07) is 6.94. The molecule has 4 N–H and O–H groups in total. The lowest BCUT2D eigenvalue weighted by Crippen LogP contribution is -2.64. The second-order valence-electron chi connectivity index (χ2n) is 18.8. The Morgan fingerprint density at radius 2 is 1.61 bits per heavy atom. The fraction of sp³-hybridized carbons (Fsp3) is 0.444. The highest BCUT2D eigenvalue weighted by atomic mass is 35.5. The summed E-state index contributed by atoms with van der Waals surface area (Å²) in [6.45, 7) is 9.00. The Kier molecular flexibility index (Phi) is 13.0. The van der Waals surface area contributed by atoms with Crippen LogP contribution in [0.15, 0.2) is 48.9 Å². The number of H-pyrrole nitrogens is 1. The molecule has 7 heterocycles. The first-order valence-electron chi connectivity index (χ1n) is 22.1. The average Bonchev–Trinajstić information content (AvgIpc) is 4.01. The van der Waals surface area contributed by atoms with Crippen LogP contribution in [0.4, 0.5) is 23.7 Å². The Morgan fingerprint density at radius 1 is 0.928 bits per heavy atom. The van der Waals surface area contributed by atoms with Crippen molar-refractivity contribution in [1.29, 1.82) is 0 Å². The van der Waals surface area contributed by atoms with Crippen molar-refractivity contribution in [2.24, 2.45) is 18.9 Å². The van der Waals surface area contributed by atoms with Crippen LogP contribution in [-0.4, -0.2) is 165 Å². The topological polar surface area (TPSA) is 238 Å². The van der Waals surface area contributed by atoms with Crippen molar-refractivity contribution in [1.82, 2.24) is 44.0 Å². The molecule has 3 fully saturated rings. The number of aliphatic carboxylic acids is 1. The van der Waals surface area contributed by atoms with Crippen LogP contribution in [0.1, 0.15) is 70.8 Å². The summed E-state index contributed by atoms with van der Waals surface area (Å²) in [6.07, 6.45) is -0.806. The van der Waals surface area contributed by atoms with Gasteiger partial charge in [0.05, 0.1) is 53.2 Å².